The van der Waals surface area contributed by atoms with Gasteiger partial charge in [0.05, 0.1) is 5.57 Å². The fourth-order valence-electron chi connectivity index (χ4n) is 4.83. The number of benzene rings is 1. The van der Waals surface area contributed by atoms with E-state index >= 15 is 0 Å². The van der Waals surface area contributed by atoms with Crippen molar-refractivity contribution in [1.82, 2.24) is 4.98 Å². The Balaban J connectivity index is 2.05. The number of aliphatic hydroxyl groups is 1. The summed E-state index contributed by atoms with van der Waals surface area (Å²) in [7, 11) is -4.02. The standard InChI is InChI=1S/C25H32N2O5S/c1-4-12-25(13-5-2)16-21(28)22(24(29)32-25)19(6-3)17-9-7-10-18(15-17)20-11-8-14-27-23(20)33(26,30)31/h7-11,14-15,19,28H,4-6,12-13,16H2,1-3H3,(H2,26,30,31). The summed E-state index contributed by atoms with van der Waals surface area (Å²) in [4.78, 5) is 17.1. The number of primary sulfonamides is 1. The molecule has 0 aliphatic carbocycles. The third kappa shape index (κ3) is 5.28. The molecule has 3 rings (SSSR count). The summed E-state index contributed by atoms with van der Waals surface area (Å²) in [5, 5.41) is 16.1. The van der Waals surface area contributed by atoms with Crippen LogP contribution in [0.1, 0.15) is 70.8 Å². The number of nitrogens with zero attached hydrogens (tertiary/aromatic N) is 1. The summed E-state index contributed by atoms with van der Waals surface area (Å²) in [5.41, 5.74) is 1.38. The number of sulfonamides is 1. The van der Waals surface area contributed by atoms with Crippen LogP contribution in [0.4, 0.5) is 0 Å². The monoisotopic (exact) mass is 472 g/mol. The number of rotatable bonds is 9. The molecule has 8 heteroatoms. The quantitative estimate of drug-likeness (QED) is 0.496. The topological polar surface area (TPSA) is 120 Å². The number of aromatic nitrogens is 1. The average molecular weight is 473 g/mol. The number of carbonyl (C=O) groups excluding carboxylic acids is 1. The Kier molecular flexibility index (Phi) is 7.59. The minimum absolute atomic E-state index is 0.0806. The molecule has 0 fully saturated rings. The van der Waals surface area contributed by atoms with Crippen molar-refractivity contribution in [2.24, 2.45) is 5.14 Å². The number of pyridine rings is 1. The number of aliphatic hydroxyl groups excluding tert-OH is 1. The minimum Gasteiger partial charge on any atom is -0.512 e. The van der Waals surface area contributed by atoms with Gasteiger partial charge in [-0.2, -0.15) is 0 Å². The highest BCUT2D eigenvalue weighted by Crippen LogP contribution is 2.42. The van der Waals surface area contributed by atoms with E-state index < -0.39 is 27.5 Å². The van der Waals surface area contributed by atoms with Gasteiger partial charge in [-0.1, -0.05) is 57.9 Å². The molecule has 178 valence electrons. The van der Waals surface area contributed by atoms with Gasteiger partial charge in [-0.15, -0.1) is 0 Å². The van der Waals surface area contributed by atoms with Crippen molar-refractivity contribution in [2.75, 3.05) is 0 Å². The van der Waals surface area contributed by atoms with E-state index in [4.69, 9.17) is 9.88 Å². The number of hydrogen-bond acceptors (Lipinski definition) is 6. The minimum atomic E-state index is -4.02. The fraction of sp³-hybridized carbons (Fsp3) is 0.440. The molecule has 2 heterocycles. The lowest BCUT2D eigenvalue weighted by Gasteiger charge is -2.38. The van der Waals surface area contributed by atoms with Crippen molar-refractivity contribution in [1.29, 1.82) is 0 Å². The van der Waals surface area contributed by atoms with Crippen molar-refractivity contribution in [3.63, 3.8) is 0 Å². The Morgan fingerprint density at radius 1 is 1.15 bits per heavy atom. The van der Waals surface area contributed by atoms with Crippen molar-refractivity contribution in [3.8, 4) is 11.1 Å². The van der Waals surface area contributed by atoms with Gasteiger partial charge in [-0.3, -0.25) is 0 Å². The highest BCUT2D eigenvalue weighted by Gasteiger charge is 2.42. The summed E-state index contributed by atoms with van der Waals surface area (Å²) < 4.78 is 30.0. The maximum atomic E-state index is 13.1. The van der Waals surface area contributed by atoms with E-state index in [2.05, 4.69) is 4.98 Å². The molecular formula is C25H32N2O5S. The Labute approximate surface area is 195 Å². The van der Waals surface area contributed by atoms with Gasteiger partial charge in [-0.05, 0) is 42.5 Å². The molecule has 0 spiro atoms. The number of cyclic esters (lactones) is 1. The summed E-state index contributed by atoms with van der Waals surface area (Å²) in [6.07, 6.45) is 5.35. The third-order valence-electron chi connectivity index (χ3n) is 6.14. The van der Waals surface area contributed by atoms with Gasteiger partial charge in [0, 0.05) is 24.1 Å². The molecule has 0 saturated carbocycles. The predicted octanol–water partition coefficient (Wildman–Crippen LogP) is 4.99. The van der Waals surface area contributed by atoms with Crippen LogP contribution in [0.15, 0.2) is 59.0 Å². The fourth-order valence-corrected chi connectivity index (χ4v) is 5.53. The van der Waals surface area contributed by atoms with Crippen molar-refractivity contribution < 1.29 is 23.1 Å². The van der Waals surface area contributed by atoms with Crippen LogP contribution in [0.3, 0.4) is 0 Å². The number of esters is 1. The van der Waals surface area contributed by atoms with Crippen LogP contribution in [-0.4, -0.2) is 30.1 Å². The largest absolute Gasteiger partial charge is 0.512 e. The van der Waals surface area contributed by atoms with Crippen molar-refractivity contribution >= 4 is 16.0 Å². The van der Waals surface area contributed by atoms with Gasteiger partial charge in [0.1, 0.15) is 11.4 Å². The van der Waals surface area contributed by atoms with E-state index in [1.165, 1.54) is 6.20 Å². The van der Waals surface area contributed by atoms with Gasteiger partial charge < -0.3 is 9.84 Å². The Bertz CT molecular complexity index is 1150. The number of hydrogen-bond donors (Lipinski definition) is 2. The maximum absolute atomic E-state index is 13.1. The van der Waals surface area contributed by atoms with E-state index in [0.717, 1.165) is 18.4 Å². The summed E-state index contributed by atoms with van der Waals surface area (Å²) >= 11 is 0. The molecule has 2 aromatic rings. The SMILES string of the molecule is CCCC1(CCC)CC(O)=C(C(CC)c2cccc(-c3cccnc3S(N)(=O)=O)c2)C(=O)O1. The van der Waals surface area contributed by atoms with Gasteiger partial charge in [0.2, 0.25) is 0 Å². The predicted molar refractivity (Wildman–Crippen MR) is 127 cm³/mol. The molecule has 0 amide bonds. The lowest BCUT2D eigenvalue weighted by Crippen LogP contribution is -2.41. The first-order chi connectivity index (χ1) is 15.7. The van der Waals surface area contributed by atoms with Crippen LogP contribution in [-0.2, 0) is 19.6 Å². The van der Waals surface area contributed by atoms with Gasteiger partial charge in [0.15, 0.2) is 5.03 Å². The number of carbonyl (C=O) groups is 1. The first kappa shape index (κ1) is 24.9. The molecule has 1 aromatic heterocycles. The number of nitrogens with two attached hydrogens (primary N) is 1. The highest BCUT2D eigenvalue weighted by atomic mass is 32.2. The summed E-state index contributed by atoms with van der Waals surface area (Å²) in [5.74, 6) is -0.796. The van der Waals surface area contributed by atoms with Gasteiger partial charge in [-0.25, -0.2) is 23.3 Å². The number of ether oxygens (including phenoxy) is 1. The zero-order chi connectivity index (χ0) is 24.2. The normalized spacial score (nSPS) is 17.0. The molecule has 0 radical (unpaired) electrons. The van der Waals surface area contributed by atoms with E-state index in [1.54, 1.807) is 24.3 Å². The summed E-state index contributed by atoms with van der Waals surface area (Å²) in [6, 6.07) is 10.5. The molecular weight excluding hydrogens is 440 g/mol. The summed E-state index contributed by atoms with van der Waals surface area (Å²) in [6.45, 7) is 6.01. The molecule has 33 heavy (non-hydrogen) atoms. The lowest BCUT2D eigenvalue weighted by molar-refractivity contribution is -0.161. The van der Waals surface area contributed by atoms with Crippen LogP contribution in [0.5, 0.6) is 0 Å². The molecule has 7 nitrogen and oxygen atoms in total. The van der Waals surface area contributed by atoms with Crippen LogP contribution in [0.25, 0.3) is 11.1 Å². The average Bonchev–Trinajstić information content (AvgIpc) is 2.76. The molecule has 1 atom stereocenters. The Morgan fingerprint density at radius 2 is 1.85 bits per heavy atom. The Morgan fingerprint density at radius 3 is 2.42 bits per heavy atom. The third-order valence-corrected chi connectivity index (χ3v) is 7.00. The van der Waals surface area contributed by atoms with Crippen LogP contribution in [0, 0.1) is 0 Å². The molecule has 0 bridgehead atoms. The van der Waals surface area contributed by atoms with Gasteiger partial charge in [0.25, 0.3) is 10.0 Å². The van der Waals surface area contributed by atoms with Crippen molar-refractivity contribution in [3.05, 3.63) is 59.5 Å². The zero-order valence-electron chi connectivity index (χ0n) is 19.4. The molecule has 0 saturated heterocycles. The first-order valence-electron chi connectivity index (χ1n) is 11.4. The lowest BCUT2D eigenvalue weighted by atomic mass is 9.80. The van der Waals surface area contributed by atoms with Crippen molar-refractivity contribution in [2.45, 2.75) is 75.8 Å². The van der Waals surface area contributed by atoms with E-state index in [-0.39, 0.29) is 16.4 Å². The van der Waals surface area contributed by atoms with Gasteiger partial charge >= 0.3 is 5.97 Å². The van der Waals surface area contributed by atoms with Crippen LogP contribution in [0.2, 0.25) is 0 Å². The van der Waals surface area contributed by atoms with Crippen LogP contribution >= 0.6 is 0 Å². The molecule has 3 N–H and O–H groups in total. The second kappa shape index (κ2) is 10.1. The second-order valence-electron chi connectivity index (χ2n) is 8.60. The van der Waals surface area contributed by atoms with Crippen LogP contribution < -0.4 is 5.14 Å². The second-order valence-corrected chi connectivity index (χ2v) is 10.1. The highest BCUT2D eigenvalue weighted by molar-refractivity contribution is 7.89. The molecule has 1 aliphatic rings. The Hall–Kier alpha value is -2.71. The zero-order valence-corrected chi connectivity index (χ0v) is 20.2. The van der Waals surface area contributed by atoms with E-state index in [1.807, 2.05) is 32.9 Å². The molecule has 1 aliphatic heterocycles. The molecule has 1 unspecified atom stereocenters. The molecule has 1 aromatic carbocycles. The van der Waals surface area contributed by atoms with E-state index in [9.17, 15) is 18.3 Å². The van der Waals surface area contributed by atoms with E-state index in [0.29, 0.717) is 36.8 Å². The smallest absolute Gasteiger partial charge is 0.338 e. The maximum Gasteiger partial charge on any atom is 0.338 e. The first-order valence-corrected chi connectivity index (χ1v) is 12.9.